The van der Waals surface area contributed by atoms with Crippen molar-refractivity contribution in [2.75, 3.05) is 26.5 Å². The molecule has 4 rings (SSSR count). The van der Waals surface area contributed by atoms with Gasteiger partial charge in [-0.25, -0.2) is 0 Å². The lowest BCUT2D eigenvalue weighted by atomic mass is 9.89. The molecule has 1 aliphatic carbocycles. The number of benzene rings is 1. The van der Waals surface area contributed by atoms with Gasteiger partial charge in [0.15, 0.2) is 11.0 Å². The smallest absolute Gasteiger partial charge is 0.232 e. The standard InChI is InChI=1S/C24H30N4O3S/c1-27(15-18-7-4-3-5-8-18)22(29)17-32-24-26-25-23(19-10-12-20(30-2)13-11-19)28(24)16-21-9-6-14-31-21/h6,9-14,18H,3-5,7-8,15-17H2,1-2H3. The number of carbonyl (C=O) groups excluding carboxylic acids is 1. The maximum Gasteiger partial charge on any atom is 0.232 e. The molecule has 0 saturated heterocycles. The lowest BCUT2D eigenvalue weighted by molar-refractivity contribution is -0.127. The molecule has 3 aromatic rings. The van der Waals surface area contributed by atoms with Gasteiger partial charge >= 0.3 is 0 Å². The van der Waals surface area contributed by atoms with E-state index in [9.17, 15) is 4.79 Å². The molecule has 0 spiro atoms. The number of aromatic nitrogens is 3. The van der Waals surface area contributed by atoms with Gasteiger partial charge in [-0.15, -0.1) is 10.2 Å². The van der Waals surface area contributed by atoms with Crippen molar-refractivity contribution in [3.63, 3.8) is 0 Å². The number of furan rings is 1. The van der Waals surface area contributed by atoms with Crippen molar-refractivity contribution >= 4 is 17.7 Å². The van der Waals surface area contributed by atoms with E-state index in [0.717, 1.165) is 29.4 Å². The van der Waals surface area contributed by atoms with Crippen LogP contribution < -0.4 is 4.74 Å². The molecule has 0 aliphatic heterocycles. The first-order chi connectivity index (χ1) is 15.6. The van der Waals surface area contributed by atoms with E-state index < -0.39 is 0 Å². The number of hydrogen-bond donors (Lipinski definition) is 0. The molecule has 1 fully saturated rings. The number of rotatable bonds is 9. The Morgan fingerprint density at radius 2 is 1.97 bits per heavy atom. The van der Waals surface area contributed by atoms with Gasteiger partial charge in [-0.2, -0.15) is 0 Å². The molecule has 0 N–H and O–H groups in total. The Balaban J connectivity index is 1.47. The zero-order valence-electron chi connectivity index (χ0n) is 18.7. The van der Waals surface area contributed by atoms with Crippen LogP contribution in [0.25, 0.3) is 11.4 Å². The minimum absolute atomic E-state index is 0.124. The van der Waals surface area contributed by atoms with Gasteiger partial charge in [-0.1, -0.05) is 31.0 Å². The SMILES string of the molecule is COc1ccc(-c2nnc(SCC(=O)N(C)CC3CCCCC3)n2Cc2ccco2)cc1. The number of thioether (sulfide) groups is 1. The number of hydrogen-bond acceptors (Lipinski definition) is 6. The maximum absolute atomic E-state index is 12.8. The quantitative estimate of drug-likeness (QED) is 0.436. The number of nitrogens with zero attached hydrogens (tertiary/aromatic N) is 4. The van der Waals surface area contributed by atoms with Crippen molar-refractivity contribution < 1.29 is 13.9 Å². The molecular formula is C24H30N4O3S. The number of ether oxygens (including phenoxy) is 1. The number of amides is 1. The summed E-state index contributed by atoms with van der Waals surface area (Å²) in [4.78, 5) is 14.7. The third-order valence-corrected chi connectivity index (χ3v) is 6.92. The number of carbonyl (C=O) groups is 1. The van der Waals surface area contributed by atoms with Gasteiger partial charge in [0.05, 0.1) is 25.7 Å². The van der Waals surface area contributed by atoms with E-state index in [0.29, 0.717) is 23.4 Å². The van der Waals surface area contributed by atoms with E-state index in [2.05, 4.69) is 10.2 Å². The van der Waals surface area contributed by atoms with E-state index in [1.54, 1.807) is 13.4 Å². The summed E-state index contributed by atoms with van der Waals surface area (Å²) in [7, 11) is 3.55. The van der Waals surface area contributed by atoms with Crippen LogP contribution in [0.3, 0.4) is 0 Å². The van der Waals surface area contributed by atoms with Crippen molar-refractivity contribution in [1.29, 1.82) is 0 Å². The zero-order valence-corrected chi connectivity index (χ0v) is 19.5. The first kappa shape index (κ1) is 22.5. The average Bonchev–Trinajstić information content (AvgIpc) is 3.48. The molecule has 7 nitrogen and oxygen atoms in total. The van der Waals surface area contributed by atoms with Crippen LogP contribution in [0, 0.1) is 5.92 Å². The highest BCUT2D eigenvalue weighted by molar-refractivity contribution is 7.99. The van der Waals surface area contributed by atoms with Crippen LogP contribution in [0.1, 0.15) is 37.9 Å². The Hall–Kier alpha value is -2.74. The minimum Gasteiger partial charge on any atom is -0.497 e. The lowest BCUT2D eigenvalue weighted by Gasteiger charge is -2.27. The molecule has 1 aliphatic rings. The van der Waals surface area contributed by atoms with Crippen LogP contribution in [0.2, 0.25) is 0 Å². The fraction of sp³-hybridized carbons (Fsp3) is 0.458. The monoisotopic (exact) mass is 454 g/mol. The molecule has 0 radical (unpaired) electrons. The van der Waals surface area contributed by atoms with Gasteiger partial charge in [0.1, 0.15) is 11.5 Å². The third kappa shape index (κ3) is 5.54. The van der Waals surface area contributed by atoms with Crippen LogP contribution in [-0.2, 0) is 11.3 Å². The van der Waals surface area contributed by atoms with Crippen molar-refractivity contribution in [2.45, 2.75) is 43.8 Å². The minimum atomic E-state index is 0.124. The van der Waals surface area contributed by atoms with Crippen molar-refractivity contribution in [1.82, 2.24) is 19.7 Å². The summed E-state index contributed by atoms with van der Waals surface area (Å²) in [6, 6.07) is 11.5. The van der Waals surface area contributed by atoms with Crippen LogP contribution in [-0.4, -0.2) is 52.0 Å². The molecule has 2 heterocycles. The van der Waals surface area contributed by atoms with Crippen molar-refractivity contribution in [2.24, 2.45) is 5.92 Å². The van der Waals surface area contributed by atoms with Crippen LogP contribution in [0.4, 0.5) is 0 Å². The van der Waals surface area contributed by atoms with Gasteiger partial charge in [0.2, 0.25) is 5.91 Å². The first-order valence-electron chi connectivity index (χ1n) is 11.1. The topological polar surface area (TPSA) is 73.4 Å². The molecule has 1 amide bonds. The lowest BCUT2D eigenvalue weighted by Crippen LogP contribution is -2.33. The second-order valence-corrected chi connectivity index (χ2v) is 9.21. The molecule has 32 heavy (non-hydrogen) atoms. The van der Waals surface area contributed by atoms with Crippen LogP contribution in [0.5, 0.6) is 5.75 Å². The van der Waals surface area contributed by atoms with Crippen molar-refractivity contribution in [3.05, 3.63) is 48.4 Å². The summed E-state index contributed by atoms with van der Waals surface area (Å²) in [6.45, 7) is 1.34. The Labute approximate surface area is 193 Å². The summed E-state index contributed by atoms with van der Waals surface area (Å²) in [5, 5.41) is 9.52. The highest BCUT2D eigenvalue weighted by Gasteiger charge is 2.21. The van der Waals surface area contributed by atoms with E-state index in [1.165, 1.54) is 43.9 Å². The van der Waals surface area contributed by atoms with Crippen LogP contribution in [0.15, 0.2) is 52.2 Å². The Morgan fingerprint density at radius 1 is 1.19 bits per heavy atom. The number of methoxy groups -OCH3 is 1. The molecule has 0 atom stereocenters. The van der Waals surface area contributed by atoms with Gasteiger partial charge in [-0.3, -0.25) is 9.36 Å². The predicted octanol–water partition coefficient (Wildman–Crippen LogP) is 4.73. The fourth-order valence-corrected chi connectivity index (χ4v) is 5.02. The van der Waals surface area contributed by atoms with E-state index >= 15 is 0 Å². The molecule has 170 valence electrons. The predicted molar refractivity (Wildman–Crippen MR) is 125 cm³/mol. The Kier molecular flexibility index (Phi) is 7.52. The summed E-state index contributed by atoms with van der Waals surface area (Å²) >= 11 is 1.42. The third-order valence-electron chi connectivity index (χ3n) is 5.97. The van der Waals surface area contributed by atoms with Gasteiger partial charge in [-0.05, 0) is 55.2 Å². The second kappa shape index (κ2) is 10.7. The Bertz CT molecular complexity index is 995. The van der Waals surface area contributed by atoms with Gasteiger partial charge < -0.3 is 14.1 Å². The second-order valence-electron chi connectivity index (χ2n) is 8.27. The first-order valence-corrected chi connectivity index (χ1v) is 12.1. The maximum atomic E-state index is 12.8. The summed E-state index contributed by atoms with van der Waals surface area (Å²) in [6.07, 6.45) is 8.01. The van der Waals surface area contributed by atoms with Gasteiger partial charge in [0.25, 0.3) is 0 Å². The summed E-state index contributed by atoms with van der Waals surface area (Å²) in [5.41, 5.74) is 0.928. The van der Waals surface area contributed by atoms with E-state index in [-0.39, 0.29) is 5.91 Å². The molecule has 1 aromatic carbocycles. The molecule has 2 aromatic heterocycles. The molecule has 1 saturated carbocycles. The zero-order chi connectivity index (χ0) is 22.3. The highest BCUT2D eigenvalue weighted by Crippen LogP contribution is 2.28. The normalized spacial score (nSPS) is 14.4. The summed E-state index contributed by atoms with van der Waals surface area (Å²) < 4.78 is 12.8. The van der Waals surface area contributed by atoms with Gasteiger partial charge in [0, 0.05) is 19.2 Å². The van der Waals surface area contributed by atoms with Crippen molar-refractivity contribution in [3.8, 4) is 17.1 Å². The van der Waals surface area contributed by atoms with E-state index in [1.807, 2.05) is 52.9 Å². The van der Waals surface area contributed by atoms with Crippen LogP contribution >= 0.6 is 11.8 Å². The fourth-order valence-electron chi connectivity index (χ4n) is 4.15. The Morgan fingerprint density at radius 3 is 2.66 bits per heavy atom. The average molecular weight is 455 g/mol. The largest absolute Gasteiger partial charge is 0.497 e. The summed E-state index contributed by atoms with van der Waals surface area (Å²) in [5.74, 6) is 3.41. The van der Waals surface area contributed by atoms with E-state index in [4.69, 9.17) is 9.15 Å². The molecule has 8 heteroatoms. The molecule has 0 unspecified atom stereocenters. The molecule has 0 bridgehead atoms. The highest BCUT2D eigenvalue weighted by atomic mass is 32.2. The molecular weight excluding hydrogens is 424 g/mol.